The molecular formula is C13H14ClN3O3. The molecular weight excluding hydrogens is 282 g/mol. The molecule has 0 fully saturated rings. The van der Waals surface area contributed by atoms with Crippen molar-refractivity contribution in [2.45, 2.75) is 31.6 Å². The van der Waals surface area contributed by atoms with Crippen molar-refractivity contribution in [1.82, 2.24) is 9.97 Å². The number of nitrogens with zero attached hydrogens (tertiary/aromatic N) is 2. The summed E-state index contributed by atoms with van der Waals surface area (Å²) < 4.78 is 0. The van der Waals surface area contributed by atoms with Crippen LogP contribution in [-0.2, 0) is 0 Å². The van der Waals surface area contributed by atoms with Crippen molar-refractivity contribution in [1.29, 1.82) is 0 Å². The van der Waals surface area contributed by atoms with Gasteiger partial charge in [-0.25, -0.2) is 4.98 Å². The molecule has 0 aliphatic rings. The lowest BCUT2D eigenvalue weighted by Gasteiger charge is -2.17. The summed E-state index contributed by atoms with van der Waals surface area (Å²) in [7, 11) is 0. The summed E-state index contributed by atoms with van der Waals surface area (Å²) >= 11 is 6.20. The Morgan fingerprint density at radius 3 is 2.80 bits per heavy atom. The number of halogens is 1. The average molecular weight is 296 g/mol. The molecule has 1 N–H and O–H groups in total. The molecule has 0 saturated carbocycles. The second kappa shape index (κ2) is 5.58. The quantitative estimate of drug-likeness (QED) is 0.533. The van der Waals surface area contributed by atoms with Gasteiger partial charge in [0.1, 0.15) is 0 Å². The number of nitro benzene ring substituents is 1. The van der Waals surface area contributed by atoms with Gasteiger partial charge in [0.2, 0.25) is 0 Å². The van der Waals surface area contributed by atoms with Gasteiger partial charge in [-0.15, -0.1) is 11.6 Å². The Morgan fingerprint density at radius 1 is 1.50 bits per heavy atom. The van der Waals surface area contributed by atoms with Crippen LogP contribution in [0.1, 0.15) is 31.7 Å². The van der Waals surface area contributed by atoms with Gasteiger partial charge >= 0.3 is 0 Å². The first-order chi connectivity index (χ1) is 9.45. The van der Waals surface area contributed by atoms with E-state index in [4.69, 9.17) is 11.6 Å². The molecule has 106 valence electrons. The summed E-state index contributed by atoms with van der Waals surface area (Å²) in [5.74, 6) is -0.201. The molecule has 2 atom stereocenters. The first kappa shape index (κ1) is 14.5. The fourth-order valence-electron chi connectivity index (χ4n) is 2.19. The summed E-state index contributed by atoms with van der Waals surface area (Å²) in [4.78, 5) is 28.9. The van der Waals surface area contributed by atoms with Gasteiger partial charge in [-0.1, -0.05) is 13.8 Å². The van der Waals surface area contributed by atoms with Gasteiger partial charge in [0.25, 0.3) is 11.2 Å². The second-order valence-electron chi connectivity index (χ2n) is 4.63. The highest BCUT2D eigenvalue weighted by molar-refractivity contribution is 6.21. The zero-order valence-electron chi connectivity index (χ0n) is 11.1. The van der Waals surface area contributed by atoms with Crippen molar-refractivity contribution in [3.63, 3.8) is 0 Å². The molecule has 2 rings (SSSR count). The van der Waals surface area contributed by atoms with Crippen LogP contribution in [0.5, 0.6) is 0 Å². The molecule has 0 saturated heterocycles. The van der Waals surface area contributed by atoms with Crippen LogP contribution in [0.15, 0.2) is 23.3 Å². The molecule has 1 aromatic carbocycles. The summed E-state index contributed by atoms with van der Waals surface area (Å²) in [6.45, 7) is 3.76. The predicted octanol–water partition coefficient (Wildman–Crippen LogP) is 2.95. The van der Waals surface area contributed by atoms with E-state index >= 15 is 0 Å². The molecule has 0 aliphatic carbocycles. The fourth-order valence-corrected chi connectivity index (χ4v) is 2.33. The molecule has 6 nitrogen and oxygen atoms in total. The summed E-state index contributed by atoms with van der Waals surface area (Å²) in [6, 6.07) is 2.85. The lowest BCUT2D eigenvalue weighted by Crippen LogP contribution is -2.13. The fraction of sp³-hybridized carbons (Fsp3) is 0.385. The second-order valence-corrected chi connectivity index (χ2v) is 5.19. The number of aromatic nitrogens is 2. The van der Waals surface area contributed by atoms with E-state index in [1.807, 2.05) is 13.8 Å². The first-order valence-corrected chi connectivity index (χ1v) is 6.69. The normalized spacial score (nSPS) is 14.2. The maximum Gasteiger partial charge on any atom is 0.273 e. The van der Waals surface area contributed by atoms with E-state index < -0.39 is 10.5 Å². The number of benzene rings is 1. The van der Waals surface area contributed by atoms with E-state index in [0.717, 1.165) is 0 Å². The molecule has 2 unspecified atom stereocenters. The number of alkyl halides is 1. The number of nitrogens with one attached hydrogen (secondary N) is 1. The monoisotopic (exact) mass is 295 g/mol. The lowest BCUT2D eigenvalue weighted by molar-refractivity contribution is -0.385. The Kier molecular flexibility index (Phi) is 4.04. The standard InChI is InChI=1S/C13H14ClN3O3/c1-3-10(14)7(2)8-4-11-9(5-12(8)17(19)20)13(18)16-6-15-11/h4-7,10H,3H2,1-2H3,(H,15,16,18). The van der Waals surface area contributed by atoms with Crippen LogP contribution in [0.4, 0.5) is 5.69 Å². The van der Waals surface area contributed by atoms with Crippen molar-refractivity contribution in [3.8, 4) is 0 Å². The van der Waals surface area contributed by atoms with Crippen LogP contribution in [-0.4, -0.2) is 20.3 Å². The van der Waals surface area contributed by atoms with Crippen LogP contribution in [0, 0.1) is 10.1 Å². The van der Waals surface area contributed by atoms with Gasteiger partial charge in [0.05, 0.1) is 22.2 Å². The molecule has 0 bridgehead atoms. The Balaban J connectivity index is 2.72. The average Bonchev–Trinajstić information content (AvgIpc) is 2.44. The minimum absolute atomic E-state index is 0.0948. The maximum atomic E-state index is 11.7. The molecule has 0 spiro atoms. The zero-order chi connectivity index (χ0) is 14.9. The largest absolute Gasteiger partial charge is 0.313 e. The third-order valence-electron chi connectivity index (χ3n) is 3.41. The van der Waals surface area contributed by atoms with E-state index in [2.05, 4.69) is 9.97 Å². The summed E-state index contributed by atoms with van der Waals surface area (Å²) in [6.07, 6.45) is 1.98. The van der Waals surface area contributed by atoms with Crippen LogP contribution in [0.3, 0.4) is 0 Å². The minimum Gasteiger partial charge on any atom is -0.313 e. The smallest absolute Gasteiger partial charge is 0.273 e. The number of H-pyrrole nitrogens is 1. The third-order valence-corrected chi connectivity index (χ3v) is 4.10. The van der Waals surface area contributed by atoms with Gasteiger partial charge in [-0.2, -0.15) is 0 Å². The SMILES string of the molecule is CCC(Cl)C(C)c1cc2nc[nH]c(=O)c2cc1[N+](=O)[O-]. The highest BCUT2D eigenvalue weighted by Crippen LogP contribution is 2.34. The number of hydrogen-bond donors (Lipinski definition) is 1. The Labute approximate surface area is 119 Å². The van der Waals surface area contributed by atoms with Crippen molar-refractivity contribution < 1.29 is 4.92 Å². The van der Waals surface area contributed by atoms with E-state index in [-0.39, 0.29) is 22.4 Å². The molecule has 0 radical (unpaired) electrons. The molecule has 7 heteroatoms. The maximum absolute atomic E-state index is 11.7. The summed E-state index contributed by atoms with van der Waals surface area (Å²) in [5.41, 5.74) is 0.446. The topological polar surface area (TPSA) is 88.9 Å². The Hall–Kier alpha value is -1.95. The van der Waals surface area contributed by atoms with Gasteiger partial charge in [-0.3, -0.25) is 14.9 Å². The number of hydrogen-bond acceptors (Lipinski definition) is 4. The lowest BCUT2D eigenvalue weighted by atomic mass is 9.93. The van der Waals surface area contributed by atoms with Crippen molar-refractivity contribution in [2.24, 2.45) is 0 Å². The number of rotatable bonds is 4. The van der Waals surface area contributed by atoms with Gasteiger partial charge in [0.15, 0.2) is 0 Å². The Bertz CT molecular complexity index is 714. The van der Waals surface area contributed by atoms with E-state index in [1.165, 1.54) is 12.4 Å². The highest BCUT2D eigenvalue weighted by Gasteiger charge is 2.25. The van der Waals surface area contributed by atoms with Crippen molar-refractivity contribution >= 4 is 28.2 Å². The molecule has 1 aromatic heterocycles. The molecule has 0 aliphatic heterocycles. The predicted molar refractivity (Wildman–Crippen MR) is 77.4 cm³/mol. The van der Waals surface area contributed by atoms with Crippen molar-refractivity contribution in [2.75, 3.05) is 0 Å². The van der Waals surface area contributed by atoms with E-state index in [0.29, 0.717) is 17.5 Å². The third kappa shape index (κ3) is 2.51. The van der Waals surface area contributed by atoms with E-state index in [1.54, 1.807) is 6.07 Å². The van der Waals surface area contributed by atoms with Crippen LogP contribution < -0.4 is 5.56 Å². The minimum atomic E-state index is -0.489. The first-order valence-electron chi connectivity index (χ1n) is 6.25. The highest BCUT2D eigenvalue weighted by atomic mass is 35.5. The summed E-state index contributed by atoms with van der Waals surface area (Å²) in [5, 5.41) is 11.2. The molecule has 2 aromatic rings. The number of nitro groups is 1. The molecule has 1 heterocycles. The van der Waals surface area contributed by atoms with Crippen LogP contribution >= 0.6 is 11.6 Å². The molecule has 0 amide bonds. The van der Waals surface area contributed by atoms with Gasteiger partial charge in [-0.05, 0) is 12.5 Å². The van der Waals surface area contributed by atoms with Crippen LogP contribution in [0.25, 0.3) is 10.9 Å². The van der Waals surface area contributed by atoms with Gasteiger partial charge < -0.3 is 4.98 Å². The van der Waals surface area contributed by atoms with Crippen molar-refractivity contribution in [3.05, 3.63) is 44.5 Å². The number of aromatic amines is 1. The zero-order valence-corrected chi connectivity index (χ0v) is 11.8. The van der Waals surface area contributed by atoms with E-state index in [9.17, 15) is 14.9 Å². The van der Waals surface area contributed by atoms with Gasteiger partial charge in [0, 0.05) is 22.9 Å². The number of fused-ring (bicyclic) bond motifs is 1. The Morgan fingerprint density at radius 2 is 2.20 bits per heavy atom. The van der Waals surface area contributed by atoms with Crippen LogP contribution in [0.2, 0.25) is 0 Å². The molecule has 20 heavy (non-hydrogen) atoms.